The number of hydrogen-bond donors (Lipinski definition) is 1. The van der Waals surface area contributed by atoms with Crippen molar-refractivity contribution in [2.75, 3.05) is 33.2 Å². The fraction of sp³-hybridized carbons (Fsp3) is 0.471. The van der Waals surface area contributed by atoms with Crippen LogP contribution in [0.15, 0.2) is 34.9 Å². The van der Waals surface area contributed by atoms with Crippen molar-refractivity contribution in [1.29, 1.82) is 0 Å². The summed E-state index contributed by atoms with van der Waals surface area (Å²) in [5, 5.41) is 6.76. The highest BCUT2D eigenvalue weighted by Gasteiger charge is 2.27. The van der Waals surface area contributed by atoms with Gasteiger partial charge in [0.1, 0.15) is 0 Å². The van der Waals surface area contributed by atoms with E-state index in [9.17, 15) is 4.79 Å². The summed E-state index contributed by atoms with van der Waals surface area (Å²) in [6.45, 7) is 5.06. The van der Waals surface area contributed by atoms with Crippen LogP contribution in [0.4, 0.5) is 4.79 Å². The molecule has 1 aliphatic rings. The Morgan fingerprint density at radius 2 is 1.96 bits per heavy atom. The van der Waals surface area contributed by atoms with Crippen molar-refractivity contribution in [1.82, 2.24) is 25.3 Å². The molecule has 1 aromatic carbocycles. The zero-order chi connectivity index (χ0) is 16.9. The average molecular weight is 329 g/mol. The lowest BCUT2D eigenvalue weighted by Gasteiger charge is -2.36. The highest BCUT2D eigenvalue weighted by Crippen LogP contribution is 2.20. The Morgan fingerprint density at radius 3 is 2.62 bits per heavy atom. The van der Waals surface area contributed by atoms with Crippen LogP contribution in [0.5, 0.6) is 0 Å². The molecule has 3 rings (SSSR count). The lowest BCUT2D eigenvalue weighted by Crippen LogP contribution is -2.51. The van der Waals surface area contributed by atoms with Gasteiger partial charge in [-0.3, -0.25) is 4.90 Å². The first-order valence-corrected chi connectivity index (χ1v) is 8.24. The Hall–Kier alpha value is -2.41. The molecule has 1 saturated heterocycles. The van der Waals surface area contributed by atoms with Crippen LogP contribution in [0.2, 0.25) is 0 Å². The van der Waals surface area contributed by atoms with Crippen LogP contribution >= 0.6 is 0 Å². The molecule has 0 unspecified atom stereocenters. The molecule has 1 aromatic heterocycles. The van der Waals surface area contributed by atoms with Gasteiger partial charge in [0.25, 0.3) is 0 Å². The van der Waals surface area contributed by atoms with E-state index in [4.69, 9.17) is 4.52 Å². The highest BCUT2D eigenvalue weighted by atomic mass is 16.5. The second-order valence-corrected chi connectivity index (χ2v) is 5.97. The number of carbonyl (C=O) groups is 1. The summed E-state index contributed by atoms with van der Waals surface area (Å²) in [7, 11) is 1.66. The van der Waals surface area contributed by atoms with E-state index in [-0.39, 0.29) is 12.1 Å². The molecule has 2 aromatic rings. The number of urea groups is 1. The summed E-state index contributed by atoms with van der Waals surface area (Å²) in [5.41, 5.74) is 1.16. The van der Waals surface area contributed by atoms with E-state index < -0.39 is 0 Å². The Labute approximate surface area is 141 Å². The van der Waals surface area contributed by atoms with Gasteiger partial charge in [-0.2, -0.15) is 4.98 Å². The van der Waals surface area contributed by atoms with Crippen molar-refractivity contribution in [2.24, 2.45) is 0 Å². The average Bonchev–Trinajstić information content (AvgIpc) is 3.10. The number of hydrogen-bond acceptors (Lipinski definition) is 5. The predicted octanol–water partition coefficient (Wildman–Crippen LogP) is 1.68. The molecule has 1 fully saturated rings. The van der Waals surface area contributed by atoms with E-state index >= 15 is 0 Å². The summed E-state index contributed by atoms with van der Waals surface area (Å²) >= 11 is 0. The van der Waals surface area contributed by atoms with Gasteiger partial charge in [-0.15, -0.1) is 0 Å². The minimum atomic E-state index is -0.0229. The normalized spacial score (nSPS) is 16.8. The van der Waals surface area contributed by atoms with E-state index in [1.165, 1.54) is 0 Å². The van der Waals surface area contributed by atoms with Gasteiger partial charge in [0, 0.05) is 39.6 Å². The van der Waals surface area contributed by atoms with E-state index in [2.05, 4.69) is 39.4 Å². The summed E-state index contributed by atoms with van der Waals surface area (Å²) < 4.78 is 5.45. The van der Waals surface area contributed by atoms with E-state index in [1.54, 1.807) is 7.05 Å². The van der Waals surface area contributed by atoms with Crippen molar-refractivity contribution in [2.45, 2.75) is 19.4 Å². The first-order chi connectivity index (χ1) is 11.7. The molecule has 7 nitrogen and oxygen atoms in total. The van der Waals surface area contributed by atoms with Crippen molar-refractivity contribution in [3.05, 3.63) is 47.6 Å². The fourth-order valence-corrected chi connectivity index (χ4v) is 2.91. The molecule has 1 atom stereocenters. The van der Waals surface area contributed by atoms with Crippen molar-refractivity contribution >= 4 is 6.03 Å². The SMILES string of the molecule is CNC(=O)N1CCN([C@@H](C)c2nc(Cc3ccccc3)no2)CC1. The number of aromatic nitrogens is 2. The highest BCUT2D eigenvalue weighted by molar-refractivity contribution is 5.73. The van der Waals surface area contributed by atoms with Crippen molar-refractivity contribution in [3.8, 4) is 0 Å². The van der Waals surface area contributed by atoms with Gasteiger partial charge in [0.2, 0.25) is 5.89 Å². The molecule has 1 aliphatic heterocycles. The molecule has 0 bridgehead atoms. The number of nitrogens with zero attached hydrogens (tertiary/aromatic N) is 4. The van der Waals surface area contributed by atoms with Gasteiger partial charge in [0.15, 0.2) is 5.82 Å². The van der Waals surface area contributed by atoms with E-state index in [0.717, 1.165) is 18.7 Å². The first kappa shape index (κ1) is 16.4. The van der Waals surface area contributed by atoms with Crippen molar-refractivity contribution in [3.63, 3.8) is 0 Å². The zero-order valence-corrected chi connectivity index (χ0v) is 14.1. The van der Waals surface area contributed by atoms with Crippen LogP contribution in [-0.4, -0.2) is 59.2 Å². The van der Waals surface area contributed by atoms with Crippen LogP contribution in [0.25, 0.3) is 0 Å². The molecule has 2 amide bonds. The third kappa shape index (κ3) is 3.73. The minimum absolute atomic E-state index is 0.0229. The molecular weight excluding hydrogens is 306 g/mol. The minimum Gasteiger partial charge on any atom is -0.341 e. The number of piperazine rings is 1. The van der Waals surface area contributed by atoms with Crippen LogP contribution < -0.4 is 5.32 Å². The molecule has 7 heteroatoms. The number of rotatable bonds is 4. The molecule has 0 saturated carbocycles. The van der Waals surface area contributed by atoms with Gasteiger partial charge in [-0.25, -0.2) is 4.79 Å². The molecule has 0 aliphatic carbocycles. The summed E-state index contributed by atoms with van der Waals surface area (Å²) in [4.78, 5) is 20.3. The van der Waals surface area contributed by atoms with Gasteiger partial charge in [-0.1, -0.05) is 35.5 Å². The topological polar surface area (TPSA) is 74.5 Å². The lowest BCUT2D eigenvalue weighted by molar-refractivity contribution is 0.101. The molecule has 2 heterocycles. The Bertz CT molecular complexity index is 665. The van der Waals surface area contributed by atoms with Crippen LogP contribution in [0.3, 0.4) is 0 Å². The standard InChI is InChI=1S/C17H23N5O2/c1-13(21-8-10-22(11-9-21)17(23)18-2)16-19-15(20-24-16)12-14-6-4-3-5-7-14/h3-7,13H,8-12H2,1-2H3,(H,18,23)/t13-/m0/s1. The first-order valence-electron chi connectivity index (χ1n) is 8.24. The monoisotopic (exact) mass is 329 g/mol. The molecule has 0 spiro atoms. The number of carbonyl (C=O) groups excluding carboxylic acids is 1. The Kier molecular flexibility index (Phi) is 5.10. The second kappa shape index (κ2) is 7.44. The molecular formula is C17H23N5O2. The maximum Gasteiger partial charge on any atom is 0.317 e. The van der Waals surface area contributed by atoms with Gasteiger partial charge >= 0.3 is 6.03 Å². The van der Waals surface area contributed by atoms with Crippen LogP contribution in [-0.2, 0) is 6.42 Å². The Balaban J connectivity index is 1.58. The predicted molar refractivity (Wildman–Crippen MR) is 89.6 cm³/mol. The maximum absolute atomic E-state index is 11.6. The molecule has 24 heavy (non-hydrogen) atoms. The van der Waals surface area contributed by atoms with Gasteiger partial charge < -0.3 is 14.7 Å². The van der Waals surface area contributed by atoms with Crippen LogP contribution in [0, 0.1) is 0 Å². The molecule has 128 valence electrons. The number of nitrogens with one attached hydrogen (secondary N) is 1. The van der Waals surface area contributed by atoms with Gasteiger partial charge in [-0.05, 0) is 12.5 Å². The summed E-state index contributed by atoms with van der Waals surface area (Å²) in [5.74, 6) is 1.33. The fourth-order valence-electron chi connectivity index (χ4n) is 2.91. The zero-order valence-electron chi connectivity index (χ0n) is 14.1. The summed E-state index contributed by atoms with van der Waals surface area (Å²) in [6, 6.07) is 10.1. The maximum atomic E-state index is 11.6. The third-order valence-corrected chi connectivity index (χ3v) is 4.41. The number of amides is 2. The quantitative estimate of drug-likeness (QED) is 0.924. The van der Waals surface area contributed by atoms with Crippen molar-refractivity contribution < 1.29 is 9.32 Å². The summed E-state index contributed by atoms with van der Waals surface area (Å²) in [6.07, 6.45) is 0.668. The van der Waals surface area contributed by atoms with Gasteiger partial charge in [0.05, 0.1) is 6.04 Å². The number of benzene rings is 1. The smallest absolute Gasteiger partial charge is 0.317 e. The largest absolute Gasteiger partial charge is 0.341 e. The Morgan fingerprint density at radius 1 is 1.25 bits per heavy atom. The lowest BCUT2D eigenvalue weighted by atomic mass is 10.1. The molecule has 0 radical (unpaired) electrons. The second-order valence-electron chi connectivity index (χ2n) is 5.97. The van der Waals surface area contributed by atoms with E-state index in [1.807, 2.05) is 23.1 Å². The third-order valence-electron chi connectivity index (χ3n) is 4.41. The molecule has 1 N–H and O–H groups in total. The van der Waals surface area contributed by atoms with Crippen LogP contribution in [0.1, 0.15) is 30.2 Å². The van der Waals surface area contributed by atoms with E-state index in [0.29, 0.717) is 31.2 Å².